The standard InChI is InChI=1S/C12H13Cl2NO3S/c1-15(11(16)6-19-7-12(17)18)5-8-2-3-9(13)10(14)4-8/h2-4H,5-7H2,1H3,(H,17,18). The monoisotopic (exact) mass is 321 g/mol. The third-order valence-corrected chi connectivity index (χ3v) is 3.92. The first-order valence-electron chi connectivity index (χ1n) is 5.37. The van der Waals surface area contributed by atoms with E-state index >= 15 is 0 Å². The van der Waals surface area contributed by atoms with Crippen LogP contribution < -0.4 is 0 Å². The highest BCUT2D eigenvalue weighted by atomic mass is 35.5. The SMILES string of the molecule is CN(Cc1ccc(Cl)c(Cl)c1)C(=O)CSCC(=O)O. The molecule has 1 N–H and O–H groups in total. The van der Waals surface area contributed by atoms with Crippen LogP contribution in [0.15, 0.2) is 18.2 Å². The molecular weight excluding hydrogens is 309 g/mol. The van der Waals surface area contributed by atoms with Crippen LogP contribution in [0.3, 0.4) is 0 Å². The van der Waals surface area contributed by atoms with Crippen LogP contribution in [0, 0.1) is 0 Å². The molecule has 0 radical (unpaired) electrons. The molecule has 0 aliphatic carbocycles. The smallest absolute Gasteiger partial charge is 0.313 e. The summed E-state index contributed by atoms with van der Waals surface area (Å²) >= 11 is 12.8. The summed E-state index contributed by atoms with van der Waals surface area (Å²) in [6.07, 6.45) is 0. The van der Waals surface area contributed by atoms with Gasteiger partial charge < -0.3 is 10.0 Å². The van der Waals surface area contributed by atoms with E-state index in [1.807, 2.05) is 0 Å². The Bertz CT molecular complexity index is 482. The highest BCUT2D eigenvalue weighted by Crippen LogP contribution is 2.23. The normalized spacial score (nSPS) is 10.3. The number of halogens is 2. The minimum Gasteiger partial charge on any atom is -0.481 e. The van der Waals surface area contributed by atoms with Crippen molar-refractivity contribution in [1.29, 1.82) is 0 Å². The van der Waals surface area contributed by atoms with E-state index in [1.165, 1.54) is 4.90 Å². The van der Waals surface area contributed by atoms with Crippen LogP contribution >= 0.6 is 35.0 Å². The lowest BCUT2D eigenvalue weighted by atomic mass is 10.2. The van der Waals surface area contributed by atoms with Gasteiger partial charge in [0.2, 0.25) is 5.91 Å². The molecule has 0 aliphatic heterocycles. The lowest BCUT2D eigenvalue weighted by molar-refractivity contribution is -0.133. The molecule has 0 aliphatic rings. The Kier molecular flexibility index (Phi) is 6.48. The molecule has 0 bridgehead atoms. The Hall–Kier alpha value is -0.910. The van der Waals surface area contributed by atoms with Crippen LogP contribution in [0.25, 0.3) is 0 Å². The minimum absolute atomic E-state index is 0.0770. The number of hydrogen-bond donors (Lipinski definition) is 1. The number of amides is 1. The van der Waals surface area contributed by atoms with Gasteiger partial charge in [0.05, 0.1) is 21.6 Å². The zero-order valence-corrected chi connectivity index (χ0v) is 12.6. The molecule has 104 valence electrons. The molecule has 0 saturated carbocycles. The van der Waals surface area contributed by atoms with E-state index in [0.717, 1.165) is 17.3 Å². The lowest BCUT2D eigenvalue weighted by Crippen LogP contribution is -2.28. The molecule has 0 unspecified atom stereocenters. The average molecular weight is 322 g/mol. The van der Waals surface area contributed by atoms with Crippen LogP contribution in [0.2, 0.25) is 10.0 Å². The molecule has 0 heterocycles. The van der Waals surface area contributed by atoms with Crippen molar-refractivity contribution in [3.63, 3.8) is 0 Å². The second-order valence-corrected chi connectivity index (χ2v) is 5.68. The van der Waals surface area contributed by atoms with Crippen LogP contribution in [0.4, 0.5) is 0 Å². The van der Waals surface area contributed by atoms with E-state index in [9.17, 15) is 9.59 Å². The van der Waals surface area contributed by atoms with Crippen LogP contribution in [-0.2, 0) is 16.1 Å². The van der Waals surface area contributed by atoms with Crippen molar-refractivity contribution in [3.05, 3.63) is 33.8 Å². The summed E-state index contributed by atoms with van der Waals surface area (Å²) in [6, 6.07) is 5.18. The second-order valence-electron chi connectivity index (χ2n) is 3.88. The lowest BCUT2D eigenvalue weighted by Gasteiger charge is -2.17. The molecule has 7 heteroatoms. The van der Waals surface area contributed by atoms with Gasteiger partial charge >= 0.3 is 5.97 Å². The number of carboxylic acid groups (broad SMARTS) is 1. The topological polar surface area (TPSA) is 57.6 Å². The number of carbonyl (C=O) groups is 2. The largest absolute Gasteiger partial charge is 0.481 e. The maximum atomic E-state index is 11.7. The van der Waals surface area contributed by atoms with E-state index in [4.69, 9.17) is 28.3 Å². The van der Waals surface area contributed by atoms with Crippen molar-refractivity contribution in [1.82, 2.24) is 4.90 Å². The number of nitrogens with zero attached hydrogens (tertiary/aromatic N) is 1. The number of carboxylic acids is 1. The van der Waals surface area contributed by atoms with Gasteiger partial charge in [0.15, 0.2) is 0 Å². The molecule has 0 atom stereocenters. The number of carbonyl (C=O) groups excluding carboxylic acids is 1. The number of thioether (sulfide) groups is 1. The van der Waals surface area contributed by atoms with Crippen LogP contribution in [-0.4, -0.2) is 40.4 Å². The van der Waals surface area contributed by atoms with Gasteiger partial charge in [-0.25, -0.2) is 0 Å². The van der Waals surface area contributed by atoms with Gasteiger partial charge in [0.1, 0.15) is 0 Å². The summed E-state index contributed by atoms with van der Waals surface area (Å²) in [4.78, 5) is 23.6. The molecule has 0 saturated heterocycles. The van der Waals surface area contributed by atoms with Crippen molar-refractivity contribution < 1.29 is 14.7 Å². The Morgan fingerprint density at radius 3 is 2.53 bits per heavy atom. The molecule has 19 heavy (non-hydrogen) atoms. The van der Waals surface area contributed by atoms with Gasteiger partial charge in [-0.05, 0) is 17.7 Å². The third kappa shape index (κ3) is 5.72. The maximum Gasteiger partial charge on any atom is 0.313 e. The summed E-state index contributed by atoms with van der Waals surface area (Å²) in [5.41, 5.74) is 0.869. The van der Waals surface area contributed by atoms with Crippen molar-refractivity contribution in [2.75, 3.05) is 18.6 Å². The number of aliphatic carboxylic acids is 1. The zero-order chi connectivity index (χ0) is 14.4. The highest BCUT2D eigenvalue weighted by Gasteiger charge is 2.11. The Balaban J connectivity index is 2.49. The van der Waals surface area contributed by atoms with E-state index in [0.29, 0.717) is 16.6 Å². The fourth-order valence-corrected chi connectivity index (χ4v) is 2.33. The fourth-order valence-electron chi connectivity index (χ4n) is 1.34. The molecule has 1 aromatic rings. The highest BCUT2D eigenvalue weighted by molar-refractivity contribution is 8.00. The van der Waals surface area contributed by atoms with Gasteiger partial charge in [0, 0.05) is 13.6 Å². The summed E-state index contributed by atoms with van der Waals surface area (Å²) in [6.45, 7) is 0.406. The first-order chi connectivity index (χ1) is 8.90. The van der Waals surface area contributed by atoms with Crippen molar-refractivity contribution in [2.45, 2.75) is 6.54 Å². The summed E-state index contributed by atoms with van der Waals surface area (Å²) in [7, 11) is 1.66. The van der Waals surface area contributed by atoms with E-state index in [2.05, 4.69) is 0 Å². The summed E-state index contributed by atoms with van der Waals surface area (Å²) in [5, 5.41) is 9.40. The van der Waals surface area contributed by atoms with Crippen molar-refractivity contribution in [2.24, 2.45) is 0 Å². The van der Waals surface area contributed by atoms with E-state index in [1.54, 1.807) is 25.2 Å². The first-order valence-corrected chi connectivity index (χ1v) is 7.28. The quantitative estimate of drug-likeness (QED) is 0.875. The Labute approximate surface area is 125 Å². The molecule has 1 rings (SSSR count). The fraction of sp³-hybridized carbons (Fsp3) is 0.333. The molecule has 4 nitrogen and oxygen atoms in total. The first kappa shape index (κ1) is 16.1. The van der Waals surface area contributed by atoms with Gasteiger partial charge in [-0.15, -0.1) is 11.8 Å². The average Bonchev–Trinajstić information content (AvgIpc) is 2.33. The molecule has 0 fully saturated rings. The molecular formula is C12H13Cl2NO3S. The predicted molar refractivity (Wildman–Crippen MR) is 77.9 cm³/mol. The minimum atomic E-state index is -0.926. The zero-order valence-electron chi connectivity index (χ0n) is 10.2. The number of benzene rings is 1. The third-order valence-electron chi connectivity index (χ3n) is 2.28. The Morgan fingerprint density at radius 2 is 1.95 bits per heavy atom. The molecule has 1 aromatic carbocycles. The molecule has 0 spiro atoms. The maximum absolute atomic E-state index is 11.7. The number of rotatable bonds is 6. The van der Waals surface area contributed by atoms with Gasteiger partial charge in [-0.1, -0.05) is 29.3 Å². The Morgan fingerprint density at radius 1 is 1.26 bits per heavy atom. The van der Waals surface area contributed by atoms with Crippen LogP contribution in [0.5, 0.6) is 0 Å². The number of hydrogen-bond acceptors (Lipinski definition) is 3. The van der Waals surface area contributed by atoms with Gasteiger partial charge in [-0.3, -0.25) is 9.59 Å². The van der Waals surface area contributed by atoms with Crippen molar-refractivity contribution >= 4 is 46.8 Å². The summed E-state index contributed by atoms with van der Waals surface area (Å²) in [5.74, 6) is -0.988. The second kappa shape index (κ2) is 7.62. The van der Waals surface area contributed by atoms with Gasteiger partial charge in [-0.2, -0.15) is 0 Å². The predicted octanol–water partition coefficient (Wildman–Crippen LogP) is 2.77. The molecule has 1 amide bonds. The van der Waals surface area contributed by atoms with E-state index < -0.39 is 5.97 Å². The van der Waals surface area contributed by atoms with Crippen molar-refractivity contribution in [3.8, 4) is 0 Å². The van der Waals surface area contributed by atoms with E-state index in [-0.39, 0.29) is 17.4 Å². The summed E-state index contributed by atoms with van der Waals surface area (Å²) < 4.78 is 0. The van der Waals surface area contributed by atoms with Crippen LogP contribution in [0.1, 0.15) is 5.56 Å². The molecule has 0 aromatic heterocycles. The van der Waals surface area contributed by atoms with Gasteiger partial charge in [0.25, 0.3) is 0 Å².